The minimum absolute atomic E-state index is 0.388. The fourth-order valence-corrected chi connectivity index (χ4v) is 2.12. The Hall–Kier alpha value is -1.85. The van der Waals surface area contributed by atoms with Gasteiger partial charge in [-0.3, -0.25) is 0 Å². The van der Waals surface area contributed by atoms with Crippen LogP contribution in [-0.4, -0.2) is 41.0 Å². The highest BCUT2D eigenvalue weighted by atomic mass is 16.5. The highest BCUT2D eigenvalue weighted by molar-refractivity contribution is 5.78. The van der Waals surface area contributed by atoms with Gasteiger partial charge in [0.15, 0.2) is 11.8 Å². The maximum Gasteiger partial charge on any atom is 0.216 e. The first-order chi connectivity index (χ1) is 9.29. The molecule has 0 bridgehead atoms. The van der Waals surface area contributed by atoms with E-state index >= 15 is 0 Å². The summed E-state index contributed by atoms with van der Waals surface area (Å²) < 4.78 is 5.05. The average Bonchev–Trinajstić information content (AvgIpc) is 2.74. The van der Waals surface area contributed by atoms with Gasteiger partial charge in [-0.15, -0.1) is 0 Å². The van der Waals surface area contributed by atoms with E-state index < -0.39 is 0 Å². The Morgan fingerprint density at radius 3 is 2.79 bits per heavy atom. The van der Waals surface area contributed by atoms with E-state index in [9.17, 15) is 0 Å². The first-order valence-corrected chi connectivity index (χ1v) is 6.70. The van der Waals surface area contributed by atoms with E-state index in [2.05, 4.69) is 19.9 Å². The van der Waals surface area contributed by atoms with Crippen molar-refractivity contribution in [2.45, 2.75) is 32.2 Å². The monoisotopic (exact) mass is 263 g/mol. The zero-order valence-corrected chi connectivity index (χ0v) is 11.4. The molecule has 1 aliphatic heterocycles. The van der Waals surface area contributed by atoms with Gasteiger partial charge in [0.25, 0.3) is 0 Å². The summed E-state index contributed by atoms with van der Waals surface area (Å²) in [4.78, 5) is 14.9. The quantitative estimate of drug-likeness (QED) is 0.654. The molecule has 0 saturated carbocycles. The van der Waals surface area contributed by atoms with Crippen molar-refractivity contribution >= 4 is 5.96 Å². The molecule has 1 aliphatic rings. The molecule has 0 amide bonds. The summed E-state index contributed by atoms with van der Waals surface area (Å²) in [6.45, 7) is 2.38. The van der Waals surface area contributed by atoms with Crippen LogP contribution in [-0.2, 0) is 6.54 Å². The van der Waals surface area contributed by atoms with Crippen LogP contribution in [0.3, 0.4) is 0 Å². The Labute approximate surface area is 113 Å². The fourth-order valence-electron chi connectivity index (χ4n) is 2.12. The normalized spacial score (nSPS) is 17.1. The molecule has 2 N–H and O–H groups in total. The Balaban J connectivity index is 1.96. The smallest absolute Gasteiger partial charge is 0.216 e. The third kappa shape index (κ3) is 4.08. The molecule has 0 unspecified atom stereocenters. The van der Waals surface area contributed by atoms with Crippen molar-refractivity contribution in [3.8, 4) is 5.88 Å². The average molecular weight is 263 g/mol. The topological polar surface area (TPSA) is 76.6 Å². The maximum atomic E-state index is 6.03. The minimum atomic E-state index is 0.388. The van der Waals surface area contributed by atoms with Crippen LogP contribution < -0.4 is 10.5 Å². The van der Waals surface area contributed by atoms with Crippen LogP contribution in [0.2, 0.25) is 0 Å². The number of nitrogens with two attached hydrogens (primary N) is 1. The molecule has 0 atom stereocenters. The molecule has 0 aliphatic carbocycles. The predicted octanol–water partition coefficient (Wildman–Crippen LogP) is 1.18. The lowest BCUT2D eigenvalue weighted by Gasteiger charge is -2.20. The maximum absolute atomic E-state index is 6.03. The molecule has 1 fully saturated rings. The highest BCUT2D eigenvalue weighted by Gasteiger charge is 2.10. The first-order valence-electron chi connectivity index (χ1n) is 6.70. The summed E-state index contributed by atoms with van der Waals surface area (Å²) in [7, 11) is 1.58. The molecule has 0 aromatic carbocycles. The lowest BCUT2D eigenvalue weighted by Crippen LogP contribution is -2.38. The second-order valence-electron chi connectivity index (χ2n) is 4.59. The zero-order chi connectivity index (χ0) is 13.5. The molecule has 2 heterocycles. The van der Waals surface area contributed by atoms with Gasteiger partial charge >= 0.3 is 0 Å². The molecule has 1 aromatic rings. The Kier molecular flexibility index (Phi) is 4.94. The minimum Gasteiger partial charge on any atom is -0.481 e. The van der Waals surface area contributed by atoms with Crippen molar-refractivity contribution < 1.29 is 4.74 Å². The van der Waals surface area contributed by atoms with E-state index in [-0.39, 0.29) is 0 Å². The van der Waals surface area contributed by atoms with Gasteiger partial charge in [0.05, 0.1) is 7.11 Å². The number of hydrogen-bond acceptors (Lipinski definition) is 4. The van der Waals surface area contributed by atoms with Crippen LogP contribution in [0.4, 0.5) is 0 Å². The highest BCUT2D eigenvalue weighted by Crippen LogP contribution is 2.09. The van der Waals surface area contributed by atoms with Crippen molar-refractivity contribution in [3.63, 3.8) is 0 Å². The van der Waals surface area contributed by atoms with Gasteiger partial charge in [0.2, 0.25) is 5.88 Å². The van der Waals surface area contributed by atoms with E-state index in [1.165, 1.54) is 25.7 Å². The molecule has 0 radical (unpaired) electrons. The predicted molar refractivity (Wildman–Crippen MR) is 74.0 cm³/mol. The Morgan fingerprint density at radius 1 is 1.37 bits per heavy atom. The van der Waals surface area contributed by atoms with Crippen molar-refractivity contribution in [2.24, 2.45) is 10.7 Å². The largest absolute Gasteiger partial charge is 0.481 e. The SMILES string of the molecule is COc1ccnc(CN=C(N)N2CCCCCC2)n1. The third-order valence-corrected chi connectivity index (χ3v) is 3.20. The number of likely N-dealkylation sites (tertiary alicyclic amines) is 1. The second kappa shape index (κ2) is 6.92. The summed E-state index contributed by atoms with van der Waals surface area (Å²) in [6.07, 6.45) is 6.60. The van der Waals surface area contributed by atoms with Gasteiger partial charge in [-0.05, 0) is 12.8 Å². The van der Waals surface area contributed by atoms with E-state index in [1.807, 2.05) is 0 Å². The summed E-state index contributed by atoms with van der Waals surface area (Å²) in [6, 6.07) is 1.71. The molecule has 19 heavy (non-hydrogen) atoms. The van der Waals surface area contributed by atoms with E-state index in [0.29, 0.717) is 24.2 Å². The van der Waals surface area contributed by atoms with E-state index in [0.717, 1.165) is 13.1 Å². The molecule has 6 heteroatoms. The lowest BCUT2D eigenvalue weighted by molar-refractivity contribution is 0.394. The van der Waals surface area contributed by atoms with Gasteiger partial charge in [-0.1, -0.05) is 12.8 Å². The number of hydrogen-bond donors (Lipinski definition) is 1. The lowest BCUT2D eigenvalue weighted by atomic mass is 10.2. The Morgan fingerprint density at radius 2 is 2.11 bits per heavy atom. The van der Waals surface area contributed by atoms with Crippen LogP contribution >= 0.6 is 0 Å². The molecular formula is C13H21N5O. The van der Waals surface area contributed by atoms with Crippen molar-refractivity contribution in [2.75, 3.05) is 20.2 Å². The van der Waals surface area contributed by atoms with Crippen LogP contribution in [0.1, 0.15) is 31.5 Å². The molecule has 0 spiro atoms. The number of aliphatic imine (C=N–C) groups is 1. The van der Waals surface area contributed by atoms with Crippen LogP contribution in [0.5, 0.6) is 5.88 Å². The first kappa shape index (κ1) is 13.6. The molecule has 104 valence electrons. The van der Waals surface area contributed by atoms with E-state index in [1.54, 1.807) is 19.4 Å². The van der Waals surface area contributed by atoms with Gasteiger partial charge in [0, 0.05) is 25.4 Å². The number of nitrogens with zero attached hydrogens (tertiary/aromatic N) is 4. The van der Waals surface area contributed by atoms with E-state index in [4.69, 9.17) is 10.5 Å². The number of ether oxygens (including phenoxy) is 1. The number of guanidine groups is 1. The summed E-state index contributed by atoms with van der Waals surface area (Å²) in [5, 5.41) is 0. The summed E-state index contributed by atoms with van der Waals surface area (Å²) >= 11 is 0. The Bertz CT molecular complexity index is 427. The number of methoxy groups -OCH3 is 1. The van der Waals surface area contributed by atoms with Gasteiger partial charge in [-0.2, -0.15) is 4.98 Å². The van der Waals surface area contributed by atoms with Crippen molar-refractivity contribution in [1.29, 1.82) is 0 Å². The zero-order valence-electron chi connectivity index (χ0n) is 11.4. The molecule has 2 rings (SSSR count). The molecule has 1 saturated heterocycles. The van der Waals surface area contributed by atoms with Crippen LogP contribution in [0.25, 0.3) is 0 Å². The van der Waals surface area contributed by atoms with Gasteiger partial charge in [0.1, 0.15) is 6.54 Å². The van der Waals surface area contributed by atoms with Gasteiger partial charge in [-0.25, -0.2) is 9.98 Å². The van der Waals surface area contributed by atoms with Crippen LogP contribution in [0.15, 0.2) is 17.3 Å². The van der Waals surface area contributed by atoms with Gasteiger partial charge < -0.3 is 15.4 Å². The summed E-state index contributed by atoms with van der Waals surface area (Å²) in [5.41, 5.74) is 6.03. The molecule has 6 nitrogen and oxygen atoms in total. The van der Waals surface area contributed by atoms with Crippen LogP contribution in [0, 0.1) is 0 Å². The van der Waals surface area contributed by atoms with Crippen molar-refractivity contribution in [1.82, 2.24) is 14.9 Å². The van der Waals surface area contributed by atoms with Crippen molar-refractivity contribution in [3.05, 3.63) is 18.1 Å². The second-order valence-corrected chi connectivity index (χ2v) is 4.59. The molecule has 1 aromatic heterocycles. The number of aromatic nitrogens is 2. The molecular weight excluding hydrogens is 242 g/mol. The fraction of sp³-hybridized carbons (Fsp3) is 0.615. The number of rotatable bonds is 3. The standard InChI is InChI=1S/C13H21N5O/c1-19-12-6-7-15-11(17-12)10-16-13(14)18-8-4-2-3-5-9-18/h6-7H,2-5,8-10H2,1H3,(H2,14,16). The summed E-state index contributed by atoms with van der Waals surface area (Å²) in [5.74, 6) is 1.76. The third-order valence-electron chi connectivity index (χ3n) is 3.20.